The standard InChI is InChI=1S/C14H19N3O4/c1-9-4-3-5-10(15-9)7-16(2)14(21)17-8-11(18)6-12(17)13(19)20/h3-5,11-12,18H,6-8H2,1-2H3,(H,19,20)/t11?,12-/m0/s1. The highest BCUT2D eigenvalue weighted by atomic mass is 16.4. The van der Waals surface area contributed by atoms with Crippen LogP contribution < -0.4 is 0 Å². The van der Waals surface area contributed by atoms with Crippen LogP contribution in [0, 0.1) is 6.92 Å². The minimum Gasteiger partial charge on any atom is -0.480 e. The molecule has 0 bridgehead atoms. The first-order valence-corrected chi connectivity index (χ1v) is 6.73. The minimum atomic E-state index is -1.10. The van der Waals surface area contributed by atoms with Crippen LogP contribution in [0.5, 0.6) is 0 Å². The van der Waals surface area contributed by atoms with E-state index in [4.69, 9.17) is 5.11 Å². The van der Waals surface area contributed by atoms with Crippen molar-refractivity contribution in [3.63, 3.8) is 0 Å². The SMILES string of the molecule is Cc1cccc(CN(C)C(=O)N2CC(O)C[C@H]2C(=O)O)n1. The van der Waals surface area contributed by atoms with Gasteiger partial charge in [-0.2, -0.15) is 0 Å². The van der Waals surface area contributed by atoms with E-state index in [0.29, 0.717) is 6.54 Å². The fourth-order valence-corrected chi connectivity index (χ4v) is 2.48. The van der Waals surface area contributed by atoms with Gasteiger partial charge < -0.3 is 20.0 Å². The van der Waals surface area contributed by atoms with Gasteiger partial charge in [0.2, 0.25) is 0 Å². The number of amides is 2. The molecule has 0 saturated carbocycles. The van der Waals surface area contributed by atoms with E-state index in [-0.39, 0.29) is 13.0 Å². The third-order valence-corrected chi connectivity index (χ3v) is 3.48. The topological polar surface area (TPSA) is 94.0 Å². The molecule has 2 N–H and O–H groups in total. The van der Waals surface area contributed by atoms with Crippen molar-refractivity contribution < 1.29 is 19.8 Å². The minimum absolute atomic E-state index is 0.0430. The van der Waals surface area contributed by atoms with Gasteiger partial charge in [0.25, 0.3) is 0 Å². The number of aliphatic hydroxyl groups is 1. The Labute approximate surface area is 122 Å². The van der Waals surface area contributed by atoms with Gasteiger partial charge in [0, 0.05) is 25.7 Å². The Morgan fingerprint density at radius 3 is 2.81 bits per heavy atom. The van der Waals surface area contributed by atoms with Crippen LogP contribution in [0.3, 0.4) is 0 Å². The van der Waals surface area contributed by atoms with Crippen LogP contribution in [0.4, 0.5) is 4.79 Å². The molecule has 1 saturated heterocycles. The maximum Gasteiger partial charge on any atom is 0.326 e. The van der Waals surface area contributed by atoms with Crippen molar-refractivity contribution in [1.29, 1.82) is 0 Å². The molecule has 1 aliphatic rings. The first-order valence-electron chi connectivity index (χ1n) is 6.73. The molecule has 21 heavy (non-hydrogen) atoms. The summed E-state index contributed by atoms with van der Waals surface area (Å²) in [6, 6.07) is 4.14. The highest BCUT2D eigenvalue weighted by molar-refractivity contribution is 5.83. The molecule has 7 heteroatoms. The number of likely N-dealkylation sites (tertiary alicyclic amines) is 1. The highest BCUT2D eigenvalue weighted by Gasteiger charge is 2.40. The van der Waals surface area contributed by atoms with Gasteiger partial charge in [-0.25, -0.2) is 9.59 Å². The van der Waals surface area contributed by atoms with Gasteiger partial charge >= 0.3 is 12.0 Å². The smallest absolute Gasteiger partial charge is 0.326 e. The molecule has 114 valence electrons. The normalized spacial score (nSPS) is 21.4. The Balaban J connectivity index is 2.06. The summed E-state index contributed by atoms with van der Waals surface area (Å²) < 4.78 is 0. The Kier molecular flexibility index (Phi) is 4.42. The molecule has 1 aromatic heterocycles. The summed E-state index contributed by atoms with van der Waals surface area (Å²) in [6.07, 6.45) is -0.724. The zero-order chi connectivity index (χ0) is 15.6. The van der Waals surface area contributed by atoms with Crippen LogP contribution in [0.1, 0.15) is 17.8 Å². The largest absolute Gasteiger partial charge is 0.480 e. The molecule has 2 amide bonds. The van der Waals surface area contributed by atoms with Crippen molar-refractivity contribution >= 4 is 12.0 Å². The number of pyridine rings is 1. The third kappa shape index (κ3) is 3.49. The first kappa shape index (κ1) is 15.2. The van der Waals surface area contributed by atoms with Gasteiger partial charge in [-0.3, -0.25) is 4.98 Å². The highest BCUT2D eigenvalue weighted by Crippen LogP contribution is 2.20. The maximum absolute atomic E-state index is 12.3. The van der Waals surface area contributed by atoms with Crippen molar-refractivity contribution in [2.24, 2.45) is 0 Å². The van der Waals surface area contributed by atoms with Gasteiger partial charge in [0.05, 0.1) is 18.3 Å². The number of β-amino-alcohol motifs (C(OH)–C–C–N with tert-alkyl or cyclic N) is 1. The van der Waals surface area contributed by atoms with Gasteiger partial charge in [0.15, 0.2) is 0 Å². The molecule has 2 atom stereocenters. The number of nitrogens with zero attached hydrogens (tertiary/aromatic N) is 3. The van der Waals surface area contributed by atoms with E-state index in [1.54, 1.807) is 7.05 Å². The number of aryl methyl sites for hydroxylation is 1. The Morgan fingerprint density at radius 1 is 1.48 bits per heavy atom. The zero-order valence-electron chi connectivity index (χ0n) is 12.1. The predicted octanol–water partition coefficient (Wildman–Crippen LogP) is 0.462. The number of aliphatic hydroxyl groups excluding tert-OH is 1. The van der Waals surface area contributed by atoms with Gasteiger partial charge in [-0.15, -0.1) is 0 Å². The number of carbonyl (C=O) groups is 2. The van der Waals surface area contributed by atoms with E-state index in [2.05, 4.69) is 4.98 Å². The molecule has 7 nitrogen and oxygen atoms in total. The lowest BCUT2D eigenvalue weighted by atomic mass is 10.2. The molecule has 0 spiro atoms. The number of urea groups is 1. The van der Waals surface area contributed by atoms with Gasteiger partial charge in [-0.05, 0) is 19.1 Å². The predicted molar refractivity (Wildman–Crippen MR) is 74.6 cm³/mol. The van der Waals surface area contributed by atoms with Crippen LogP contribution in [0.2, 0.25) is 0 Å². The third-order valence-electron chi connectivity index (χ3n) is 3.48. The summed E-state index contributed by atoms with van der Waals surface area (Å²) in [7, 11) is 1.59. The van der Waals surface area contributed by atoms with Crippen molar-refractivity contribution in [1.82, 2.24) is 14.8 Å². The maximum atomic E-state index is 12.3. The number of rotatable bonds is 3. The molecule has 1 aromatic rings. The molecule has 1 unspecified atom stereocenters. The Morgan fingerprint density at radius 2 is 2.19 bits per heavy atom. The van der Waals surface area contributed by atoms with Crippen molar-refractivity contribution in [2.75, 3.05) is 13.6 Å². The van der Waals surface area contributed by atoms with Crippen LogP contribution in [-0.4, -0.2) is 62.7 Å². The van der Waals surface area contributed by atoms with Crippen LogP contribution >= 0.6 is 0 Å². The molecule has 0 radical (unpaired) electrons. The summed E-state index contributed by atoms with van der Waals surface area (Å²) in [6.45, 7) is 2.20. The Bertz CT molecular complexity index is 549. The van der Waals surface area contributed by atoms with Crippen LogP contribution in [0.15, 0.2) is 18.2 Å². The Hall–Kier alpha value is -2.15. The lowest BCUT2D eigenvalue weighted by molar-refractivity contribution is -0.141. The average Bonchev–Trinajstić information content (AvgIpc) is 2.80. The fourth-order valence-electron chi connectivity index (χ4n) is 2.48. The van der Waals surface area contributed by atoms with Crippen molar-refractivity contribution in [3.05, 3.63) is 29.6 Å². The molecular formula is C14H19N3O4. The van der Waals surface area contributed by atoms with Gasteiger partial charge in [-0.1, -0.05) is 6.07 Å². The molecule has 0 aliphatic carbocycles. The van der Waals surface area contributed by atoms with E-state index in [1.807, 2.05) is 25.1 Å². The van der Waals surface area contributed by atoms with Crippen LogP contribution in [-0.2, 0) is 11.3 Å². The zero-order valence-corrected chi connectivity index (χ0v) is 12.1. The molecule has 2 heterocycles. The summed E-state index contributed by atoms with van der Waals surface area (Å²) in [4.78, 5) is 30.4. The average molecular weight is 293 g/mol. The fraction of sp³-hybridized carbons (Fsp3) is 0.500. The molecular weight excluding hydrogens is 274 g/mol. The van der Waals surface area contributed by atoms with E-state index in [0.717, 1.165) is 11.4 Å². The summed E-state index contributed by atoms with van der Waals surface area (Å²) in [5, 5.41) is 18.7. The van der Waals surface area contributed by atoms with Gasteiger partial charge in [0.1, 0.15) is 6.04 Å². The van der Waals surface area contributed by atoms with Crippen molar-refractivity contribution in [3.8, 4) is 0 Å². The second-order valence-electron chi connectivity index (χ2n) is 5.30. The lowest BCUT2D eigenvalue weighted by Gasteiger charge is -2.27. The summed E-state index contributed by atoms with van der Waals surface area (Å²) in [5.74, 6) is -1.10. The lowest BCUT2D eigenvalue weighted by Crippen LogP contribution is -2.46. The number of hydrogen-bond donors (Lipinski definition) is 2. The summed E-state index contributed by atoms with van der Waals surface area (Å²) in [5.41, 5.74) is 1.59. The molecule has 2 rings (SSSR count). The molecule has 0 aromatic carbocycles. The molecule has 1 aliphatic heterocycles. The second-order valence-corrected chi connectivity index (χ2v) is 5.30. The monoisotopic (exact) mass is 293 g/mol. The number of carboxylic acid groups (broad SMARTS) is 1. The van der Waals surface area contributed by atoms with E-state index in [1.165, 1.54) is 9.80 Å². The van der Waals surface area contributed by atoms with Crippen LogP contribution in [0.25, 0.3) is 0 Å². The van der Waals surface area contributed by atoms with E-state index >= 15 is 0 Å². The number of aliphatic carboxylic acids is 1. The number of hydrogen-bond acceptors (Lipinski definition) is 4. The van der Waals surface area contributed by atoms with E-state index < -0.39 is 24.1 Å². The first-order chi connectivity index (χ1) is 9.88. The summed E-state index contributed by atoms with van der Waals surface area (Å²) >= 11 is 0. The quantitative estimate of drug-likeness (QED) is 0.844. The number of aromatic nitrogens is 1. The number of carboxylic acids is 1. The second kappa shape index (κ2) is 6.09. The molecule has 1 fully saturated rings. The van der Waals surface area contributed by atoms with E-state index in [9.17, 15) is 14.7 Å². The van der Waals surface area contributed by atoms with Crippen molar-refractivity contribution in [2.45, 2.75) is 32.0 Å². The number of carbonyl (C=O) groups excluding carboxylic acids is 1.